The maximum Gasteiger partial charge on any atom is 0.266 e. The summed E-state index contributed by atoms with van der Waals surface area (Å²) in [7, 11) is 0. The Balaban J connectivity index is 1.25. The van der Waals surface area contributed by atoms with E-state index in [2.05, 4.69) is 15.5 Å². The van der Waals surface area contributed by atoms with Gasteiger partial charge in [-0.2, -0.15) is 5.10 Å². The summed E-state index contributed by atoms with van der Waals surface area (Å²) in [6, 6.07) is 31.3. The van der Waals surface area contributed by atoms with E-state index in [1.54, 1.807) is 48.7 Å². The van der Waals surface area contributed by atoms with Gasteiger partial charge in [-0.05, 0) is 59.7 Å². The molecule has 39 heavy (non-hydrogen) atoms. The SMILES string of the molecule is O=C(CSc1nc2ccccc2c(=O)n1-c1ccc(Cl)cc1)N/N=C/c1cccc(OCc2ccccc2)c1. The second kappa shape index (κ2) is 12.4. The first-order valence-electron chi connectivity index (χ1n) is 12.1. The number of thioether (sulfide) groups is 1. The average molecular weight is 555 g/mol. The Morgan fingerprint density at radius 1 is 0.974 bits per heavy atom. The lowest BCUT2D eigenvalue weighted by Gasteiger charge is -2.13. The van der Waals surface area contributed by atoms with Crippen molar-refractivity contribution in [1.29, 1.82) is 0 Å². The molecule has 0 radical (unpaired) electrons. The van der Waals surface area contributed by atoms with E-state index in [1.807, 2.05) is 60.7 Å². The molecule has 1 heterocycles. The minimum Gasteiger partial charge on any atom is -0.489 e. The number of carbonyl (C=O) groups is 1. The van der Waals surface area contributed by atoms with Crippen molar-refractivity contribution in [3.8, 4) is 11.4 Å². The number of rotatable bonds is 9. The zero-order valence-corrected chi connectivity index (χ0v) is 22.2. The van der Waals surface area contributed by atoms with Crippen molar-refractivity contribution in [3.05, 3.63) is 130 Å². The molecule has 1 N–H and O–H groups in total. The van der Waals surface area contributed by atoms with Crippen LogP contribution < -0.4 is 15.7 Å². The molecule has 1 amide bonds. The predicted octanol–water partition coefficient (Wildman–Crippen LogP) is 5.86. The van der Waals surface area contributed by atoms with Crippen LogP contribution in [0, 0.1) is 0 Å². The molecule has 7 nitrogen and oxygen atoms in total. The number of hydrazone groups is 1. The number of amides is 1. The van der Waals surface area contributed by atoms with E-state index in [4.69, 9.17) is 16.3 Å². The summed E-state index contributed by atoms with van der Waals surface area (Å²) in [6.07, 6.45) is 1.55. The second-order valence-electron chi connectivity index (χ2n) is 8.46. The van der Waals surface area contributed by atoms with E-state index >= 15 is 0 Å². The summed E-state index contributed by atoms with van der Waals surface area (Å²) in [5.74, 6) is 0.376. The van der Waals surface area contributed by atoms with Gasteiger partial charge in [-0.25, -0.2) is 10.4 Å². The van der Waals surface area contributed by atoms with Crippen molar-refractivity contribution in [2.45, 2.75) is 11.8 Å². The smallest absolute Gasteiger partial charge is 0.266 e. The van der Waals surface area contributed by atoms with Crippen molar-refractivity contribution in [3.63, 3.8) is 0 Å². The maximum absolute atomic E-state index is 13.3. The Hall–Kier alpha value is -4.40. The zero-order valence-electron chi connectivity index (χ0n) is 20.7. The molecule has 0 saturated heterocycles. The first-order valence-corrected chi connectivity index (χ1v) is 13.4. The fourth-order valence-electron chi connectivity index (χ4n) is 3.79. The van der Waals surface area contributed by atoms with Gasteiger partial charge >= 0.3 is 0 Å². The number of nitrogens with zero attached hydrogens (tertiary/aromatic N) is 3. The highest BCUT2D eigenvalue weighted by Gasteiger charge is 2.14. The van der Waals surface area contributed by atoms with Gasteiger partial charge in [0.1, 0.15) is 12.4 Å². The van der Waals surface area contributed by atoms with Crippen LogP contribution in [0.5, 0.6) is 5.75 Å². The highest BCUT2D eigenvalue weighted by atomic mass is 35.5. The van der Waals surface area contributed by atoms with Crippen molar-refractivity contribution in [2.24, 2.45) is 5.10 Å². The molecule has 4 aromatic carbocycles. The van der Waals surface area contributed by atoms with E-state index < -0.39 is 0 Å². The molecule has 0 spiro atoms. The molecule has 0 atom stereocenters. The number of benzene rings is 4. The topological polar surface area (TPSA) is 85.6 Å². The lowest BCUT2D eigenvalue weighted by atomic mass is 10.2. The first-order chi connectivity index (χ1) is 19.1. The molecule has 1 aromatic heterocycles. The number of fused-ring (bicyclic) bond motifs is 1. The molecule has 194 valence electrons. The van der Waals surface area contributed by atoms with Crippen LogP contribution in [-0.2, 0) is 11.4 Å². The molecule has 0 saturated carbocycles. The quantitative estimate of drug-likeness (QED) is 0.107. The van der Waals surface area contributed by atoms with Crippen molar-refractivity contribution in [2.75, 3.05) is 5.75 Å². The van der Waals surface area contributed by atoms with Gasteiger partial charge in [0.15, 0.2) is 5.16 Å². The summed E-state index contributed by atoms with van der Waals surface area (Å²) in [6.45, 7) is 0.458. The number of hydrogen-bond donors (Lipinski definition) is 1. The molecule has 0 fully saturated rings. The number of nitrogens with one attached hydrogen (secondary N) is 1. The van der Waals surface area contributed by atoms with Gasteiger partial charge in [-0.1, -0.05) is 78.0 Å². The first kappa shape index (κ1) is 26.2. The molecule has 0 aliphatic heterocycles. The van der Waals surface area contributed by atoms with Crippen LogP contribution in [0.2, 0.25) is 5.02 Å². The van der Waals surface area contributed by atoms with Gasteiger partial charge < -0.3 is 4.74 Å². The standard InChI is InChI=1S/C30H23ClN4O3S/c31-23-13-15-24(16-14-23)35-29(37)26-11-4-5-12-27(26)33-30(35)39-20-28(36)34-32-18-22-9-6-10-25(17-22)38-19-21-7-2-1-3-8-21/h1-18H,19-20H2,(H,34,36)/b32-18+. The highest BCUT2D eigenvalue weighted by Crippen LogP contribution is 2.22. The van der Waals surface area contributed by atoms with Gasteiger partial charge in [0, 0.05) is 5.02 Å². The third-order valence-corrected chi connectivity index (χ3v) is 6.86. The fourth-order valence-corrected chi connectivity index (χ4v) is 4.72. The summed E-state index contributed by atoms with van der Waals surface area (Å²) < 4.78 is 7.33. The third kappa shape index (κ3) is 6.73. The molecular weight excluding hydrogens is 532 g/mol. The number of halogens is 1. The zero-order chi connectivity index (χ0) is 27.0. The Kier molecular flexibility index (Phi) is 8.36. The van der Waals surface area contributed by atoms with Crippen LogP contribution >= 0.6 is 23.4 Å². The molecule has 5 rings (SSSR count). The monoisotopic (exact) mass is 554 g/mol. The summed E-state index contributed by atoms with van der Waals surface area (Å²) in [4.78, 5) is 30.5. The molecule has 9 heteroatoms. The second-order valence-corrected chi connectivity index (χ2v) is 9.84. The van der Waals surface area contributed by atoms with Gasteiger partial charge in [-0.15, -0.1) is 0 Å². The minimum absolute atomic E-state index is 0.00986. The van der Waals surface area contributed by atoms with Crippen LogP contribution in [-0.4, -0.2) is 27.4 Å². The van der Waals surface area contributed by atoms with Crippen molar-refractivity contribution < 1.29 is 9.53 Å². The molecule has 0 aliphatic rings. The molecule has 0 bridgehead atoms. The summed E-state index contributed by atoms with van der Waals surface area (Å²) >= 11 is 7.19. The highest BCUT2D eigenvalue weighted by molar-refractivity contribution is 7.99. The van der Waals surface area contributed by atoms with E-state index in [0.29, 0.717) is 39.1 Å². The van der Waals surface area contributed by atoms with Gasteiger partial charge in [0.05, 0.1) is 28.6 Å². The van der Waals surface area contributed by atoms with E-state index in [0.717, 1.165) is 22.9 Å². The van der Waals surface area contributed by atoms with Crippen LogP contribution in [0.1, 0.15) is 11.1 Å². The van der Waals surface area contributed by atoms with Gasteiger partial charge in [0.25, 0.3) is 11.5 Å². The summed E-state index contributed by atoms with van der Waals surface area (Å²) in [5.41, 5.74) is 5.33. The summed E-state index contributed by atoms with van der Waals surface area (Å²) in [5, 5.41) is 5.51. The van der Waals surface area contributed by atoms with Crippen LogP contribution in [0.25, 0.3) is 16.6 Å². The van der Waals surface area contributed by atoms with Crippen molar-refractivity contribution in [1.82, 2.24) is 15.0 Å². The van der Waals surface area contributed by atoms with Crippen LogP contribution in [0.4, 0.5) is 0 Å². The fraction of sp³-hybridized carbons (Fsp3) is 0.0667. The molecule has 0 unspecified atom stereocenters. The number of hydrogen-bond acceptors (Lipinski definition) is 6. The number of carbonyl (C=O) groups excluding carboxylic acids is 1. The number of aromatic nitrogens is 2. The van der Waals surface area contributed by atoms with Crippen molar-refractivity contribution >= 4 is 46.4 Å². The van der Waals surface area contributed by atoms with Gasteiger partial charge in [-0.3, -0.25) is 14.2 Å². The average Bonchev–Trinajstić information content (AvgIpc) is 2.97. The molecule has 0 aliphatic carbocycles. The Morgan fingerprint density at radius 3 is 2.56 bits per heavy atom. The lowest BCUT2D eigenvalue weighted by Crippen LogP contribution is -2.24. The van der Waals surface area contributed by atoms with Crippen LogP contribution in [0.3, 0.4) is 0 Å². The lowest BCUT2D eigenvalue weighted by molar-refractivity contribution is -0.118. The Morgan fingerprint density at radius 2 is 1.74 bits per heavy atom. The normalized spacial score (nSPS) is 11.1. The maximum atomic E-state index is 13.3. The largest absolute Gasteiger partial charge is 0.489 e. The third-order valence-electron chi connectivity index (χ3n) is 5.67. The Bertz CT molecular complexity index is 1690. The number of para-hydroxylation sites is 1. The Labute approximate surface area is 234 Å². The molecular formula is C30H23ClN4O3S. The van der Waals surface area contributed by atoms with Gasteiger partial charge in [0.2, 0.25) is 0 Å². The van der Waals surface area contributed by atoms with E-state index in [9.17, 15) is 9.59 Å². The predicted molar refractivity (Wildman–Crippen MR) is 156 cm³/mol. The van der Waals surface area contributed by atoms with E-state index in [1.165, 1.54) is 4.57 Å². The number of ether oxygens (including phenoxy) is 1. The minimum atomic E-state index is -0.335. The molecule has 5 aromatic rings. The van der Waals surface area contributed by atoms with Crippen LogP contribution in [0.15, 0.2) is 118 Å². The van der Waals surface area contributed by atoms with E-state index in [-0.39, 0.29) is 17.2 Å².